The van der Waals surface area contributed by atoms with Gasteiger partial charge in [0.05, 0.1) is 12.0 Å². The van der Waals surface area contributed by atoms with E-state index in [0.717, 1.165) is 64.4 Å². The van der Waals surface area contributed by atoms with Crippen LogP contribution < -0.4 is 5.73 Å². The molecule has 3 aliphatic carbocycles. The first kappa shape index (κ1) is 12.4. The van der Waals surface area contributed by atoms with Crippen molar-refractivity contribution in [3.63, 3.8) is 0 Å². The molecule has 1 heterocycles. The fraction of sp³-hybridized carbons (Fsp3) is 0.929. The summed E-state index contributed by atoms with van der Waals surface area (Å²) in [5.74, 6) is -0.0313. The predicted octanol–water partition coefficient (Wildman–Crippen LogP) is 2.11. The minimum Gasteiger partial charge on any atom is -0.435 e. The number of hydrogen-bond acceptors (Lipinski definition) is 4. The van der Waals surface area contributed by atoms with Gasteiger partial charge in [-0.15, -0.1) is 0 Å². The lowest BCUT2D eigenvalue weighted by molar-refractivity contribution is -0.202. The highest BCUT2D eigenvalue weighted by Gasteiger charge is 2.52. The van der Waals surface area contributed by atoms with E-state index in [9.17, 15) is 4.79 Å². The monoisotopic (exact) mass is 253 g/mol. The fourth-order valence-electron chi connectivity index (χ4n) is 3.57. The maximum absolute atomic E-state index is 12.4. The molecule has 0 amide bonds. The summed E-state index contributed by atoms with van der Waals surface area (Å²) in [6.45, 7) is 0.719. The zero-order valence-corrected chi connectivity index (χ0v) is 11.0. The van der Waals surface area contributed by atoms with Crippen molar-refractivity contribution < 1.29 is 14.3 Å². The number of esters is 1. The van der Waals surface area contributed by atoms with Crippen LogP contribution in [0.5, 0.6) is 0 Å². The third-order valence-corrected chi connectivity index (χ3v) is 5.11. The maximum atomic E-state index is 12.4. The smallest absolute Gasteiger partial charge is 0.314 e. The molecular formula is C14H23NO3. The average molecular weight is 253 g/mol. The molecule has 4 heteroatoms. The zero-order valence-electron chi connectivity index (χ0n) is 11.0. The lowest BCUT2D eigenvalue weighted by Crippen LogP contribution is -2.55. The molecule has 0 radical (unpaired) electrons. The van der Waals surface area contributed by atoms with Crippen molar-refractivity contribution in [2.24, 2.45) is 11.1 Å². The number of nitrogens with two attached hydrogens (primary N) is 1. The second-order valence-corrected chi connectivity index (χ2v) is 6.34. The summed E-state index contributed by atoms with van der Waals surface area (Å²) in [7, 11) is 0. The van der Waals surface area contributed by atoms with Crippen molar-refractivity contribution in [2.75, 3.05) is 6.61 Å². The van der Waals surface area contributed by atoms with Crippen molar-refractivity contribution in [2.45, 2.75) is 69.6 Å². The number of rotatable bonds is 2. The van der Waals surface area contributed by atoms with E-state index in [1.807, 2.05) is 0 Å². The summed E-state index contributed by atoms with van der Waals surface area (Å²) in [5.41, 5.74) is 6.02. The highest BCUT2D eigenvalue weighted by Crippen LogP contribution is 2.52. The molecule has 2 N–H and O–H groups in total. The van der Waals surface area contributed by atoms with E-state index >= 15 is 0 Å². The highest BCUT2D eigenvalue weighted by atomic mass is 16.7. The third kappa shape index (κ3) is 2.16. The van der Waals surface area contributed by atoms with E-state index in [4.69, 9.17) is 15.2 Å². The molecule has 1 unspecified atom stereocenters. The number of hydrogen-bond donors (Lipinski definition) is 1. The lowest BCUT2D eigenvalue weighted by Gasteiger charge is -2.50. The maximum Gasteiger partial charge on any atom is 0.314 e. The average Bonchev–Trinajstić information content (AvgIpc) is 2.41. The second-order valence-electron chi connectivity index (χ2n) is 6.34. The Morgan fingerprint density at radius 1 is 1.11 bits per heavy atom. The number of carbonyl (C=O) groups is 1. The van der Waals surface area contributed by atoms with Crippen LogP contribution in [0, 0.1) is 5.41 Å². The van der Waals surface area contributed by atoms with Crippen molar-refractivity contribution >= 4 is 5.97 Å². The van der Waals surface area contributed by atoms with Crippen LogP contribution in [0.3, 0.4) is 0 Å². The van der Waals surface area contributed by atoms with Gasteiger partial charge in [0.2, 0.25) is 6.29 Å². The summed E-state index contributed by atoms with van der Waals surface area (Å²) >= 11 is 0. The lowest BCUT2D eigenvalue weighted by atomic mass is 9.57. The van der Waals surface area contributed by atoms with Crippen LogP contribution in [0.25, 0.3) is 0 Å². The first-order chi connectivity index (χ1) is 8.62. The molecule has 0 spiro atoms. The fourth-order valence-corrected chi connectivity index (χ4v) is 3.57. The molecule has 0 aromatic heterocycles. The van der Waals surface area contributed by atoms with Gasteiger partial charge in [-0.05, 0) is 51.4 Å². The molecule has 2 bridgehead atoms. The van der Waals surface area contributed by atoms with Gasteiger partial charge in [-0.25, -0.2) is 0 Å². The highest BCUT2D eigenvalue weighted by molar-refractivity contribution is 5.77. The minimum atomic E-state index is -0.299. The van der Waals surface area contributed by atoms with Crippen molar-refractivity contribution in [3.05, 3.63) is 0 Å². The van der Waals surface area contributed by atoms with Gasteiger partial charge in [-0.1, -0.05) is 0 Å². The molecule has 4 aliphatic rings. The van der Waals surface area contributed by atoms with Crippen molar-refractivity contribution in [1.82, 2.24) is 0 Å². The number of carbonyl (C=O) groups excluding carboxylic acids is 1. The summed E-state index contributed by atoms with van der Waals surface area (Å²) in [4.78, 5) is 12.4. The Labute approximate surface area is 108 Å². The molecule has 3 saturated carbocycles. The van der Waals surface area contributed by atoms with Gasteiger partial charge >= 0.3 is 5.97 Å². The van der Waals surface area contributed by atoms with Crippen LogP contribution in [0.1, 0.15) is 57.8 Å². The predicted molar refractivity (Wildman–Crippen MR) is 66.7 cm³/mol. The van der Waals surface area contributed by atoms with Gasteiger partial charge in [-0.3, -0.25) is 4.79 Å². The van der Waals surface area contributed by atoms with Crippen LogP contribution in [0.4, 0.5) is 0 Å². The van der Waals surface area contributed by atoms with E-state index in [1.165, 1.54) is 0 Å². The first-order valence-electron chi connectivity index (χ1n) is 7.24. The molecule has 18 heavy (non-hydrogen) atoms. The molecular weight excluding hydrogens is 230 g/mol. The standard InChI is InChI=1S/C14H23NO3/c15-14-7-4-13(5-8-14,6-9-14)12(16)18-11-3-1-2-10-17-11/h11H,1-10,15H2. The Kier molecular flexibility index (Phi) is 3.10. The Morgan fingerprint density at radius 3 is 2.33 bits per heavy atom. The summed E-state index contributed by atoms with van der Waals surface area (Å²) in [6, 6.07) is 0. The largest absolute Gasteiger partial charge is 0.435 e. The van der Waals surface area contributed by atoms with E-state index < -0.39 is 0 Å². The van der Waals surface area contributed by atoms with Crippen LogP contribution in [0.2, 0.25) is 0 Å². The van der Waals surface area contributed by atoms with Gasteiger partial charge < -0.3 is 15.2 Å². The van der Waals surface area contributed by atoms with Crippen LogP contribution in [-0.4, -0.2) is 24.4 Å². The molecule has 0 aromatic carbocycles. The third-order valence-electron chi connectivity index (χ3n) is 5.11. The number of fused-ring (bicyclic) bond motifs is 3. The van der Waals surface area contributed by atoms with Gasteiger partial charge in [-0.2, -0.15) is 0 Å². The second kappa shape index (κ2) is 4.49. The van der Waals surface area contributed by atoms with Gasteiger partial charge in [0.25, 0.3) is 0 Å². The molecule has 0 aromatic rings. The van der Waals surface area contributed by atoms with E-state index in [0.29, 0.717) is 0 Å². The molecule has 1 atom stereocenters. The van der Waals surface area contributed by atoms with Crippen molar-refractivity contribution in [3.8, 4) is 0 Å². The van der Waals surface area contributed by atoms with Gasteiger partial charge in [0, 0.05) is 12.0 Å². The van der Waals surface area contributed by atoms with E-state index in [-0.39, 0.29) is 23.2 Å². The van der Waals surface area contributed by atoms with Gasteiger partial charge in [0.1, 0.15) is 0 Å². The Hall–Kier alpha value is -0.610. The molecule has 4 rings (SSSR count). The summed E-state index contributed by atoms with van der Waals surface area (Å²) in [5, 5.41) is 0. The molecule has 102 valence electrons. The zero-order chi connectivity index (χ0) is 12.6. The summed E-state index contributed by atoms with van der Waals surface area (Å²) in [6.07, 6.45) is 8.31. The normalized spacial score (nSPS) is 43.7. The topological polar surface area (TPSA) is 61.6 Å². The molecule has 1 saturated heterocycles. The van der Waals surface area contributed by atoms with E-state index in [2.05, 4.69) is 0 Å². The Balaban J connectivity index is 1.62. The molecule has 1 aliphatic heterocycles. The molecule has 4 nitrogen and oxygen atoms in total. The molecule has 4 fully saturated rings. The SMILES string of the molecule is NC12CCC(C(=O)OC3CCCCO3)(CC1)CC2. The Morgan fingerprint density at radius 2 is 1.78 bits per heavy atom. The van der Waals surface area contributed by atoms with E-state index in [1.54, 1.807) is 0 Å². The van der Waals surface area contributed by atoms with Gasteiger partial charge in [0.15, 0.2) is 0 Å². The summed E-state index contributed by atoms with van der Waals surface area (Å²) < 4.78 is 11.1. The number of ether oxygens (including phenoxy) is 2. The Bertz CT molecular complexity index is 311. The minimum absolute atomic E-state index is 0.00334. The van der Waals surface area contributed by atoms with Crippen LogP contribution in [0.15, 0.2) is 0 Å². The van der Waals surface area contributed by atoms with Crippen LogP contribution >= 0.6 is 0 Å². The van der Waals surface area contributed by atoms with Crippen molar-refractivity contribution in [1.29, 1.82) is 0 Å². The van der Waals surface area contributed by atoms with Crippen LogP contribution in [-0.2, 0) is 14.3 Å². The quantitative estimate of drug-likeness (QED) is 0.766. The first-order valence-corrected chi connectivity index (χ1v) is 7.24.